The number of nitro benzene ring substituents is 1. The highest BCUT2D eigenvalue weighted by molar-refractivity contribution is 6.30. The highest BCUT2D eigenvalue weighted by atomic mass is 35.5. The van der Waals surface area contributed by atoms with Crippen molar-refractivity contribution in [3.05, 3.63) is 63.2 Å². The second kappa shape index (κ2) is 6.23. The molecule has 2 rings (SSSR count). The lowest BCUT2D eigenvalue weighted by Gasteiger charge is -2.08. The summed E-state index contributed by atoms with van der Waals surface area (Å²) in [4.78, 5) is 22.3. The second-order valence-electron chi connectivity index (χ2n) is 4.36. The summed E-state index contributed by atoms with van der Waals surface area (Å²) < 4.78 is 0. The fourth-order valence-electron chi connectivity index (χ4n) is 1.72. The third-order valence-corrected chi connectivity index (χ3v) is 2.95. The highest BCUT2D eigenvalue weighted by Gasteiger charge is 2.15. The Morgan fingerprint density at radius 3 is 2.43 bits per heavy atom. The van der Waals surface area contributed by atoms with E-state index in [0.717, 1.165) is 5.56 Å². The SMILES string of the molecule is Cc1ccc(NC(=O)Nc2ccc(Cl)cc2)c([N+](=O)[O-])c1. The first kappa shape index (κ1) is 14.8. The van der Waals surface area contributed by atoms with Gasteiger partial charge >= 0.3 is 6.03 Å². The lowest BCUT2D eigenvalue weighted by Crippen LogP contribution is -2.20. The van der Waals surface area contributed by atoms with Crippen molar-refractivity contribution in [3.8, 4) is 0 Å². The molecule has 0 aliphatic carbocycles. The number of aryl methyl sites for hydroxylation is 1. The van der Waals surface area contributed by atoms with Crippen LogP contribution in [0.15, 0.2) is 42.5 Å². The number of halogens is 1. The van der Waals surface area contributed by atoms with Crippen LogP contribution in [0.2, 0.25) is 5.02 Å². The molecule has 0 radical (unpaired) electrons. The van der Waals surface area contributed by atoms with Crippen molar-refractivity contribution in [1.29, 1.82) is 0 Å². The number of carbonyl (C=O) groups is 1. The fraction of sp³-hybridized carbons (Fsp3) is 0.0714. The van der Waals surface area contributed by atoms with Gasteiger partial charge in [0.25, 0.3) is 5.69 Å². The summed E-state index contributed by atoms with van der Waals surface area (Å²) in [6.07, 6.45) is 0. The lowest BCUT2D eigenvalue weighted by atomic mass is 10.2. The van der Waals surface area contributed by atoms with E-state index >= 15 is 0 Å². The van der Waals surface area contributed by atoms with Crippen molar-refractivity contribution in [2.45, 2.75) is 6.92 Å². The molecule has 0 atom stereocenters. The molecule has 0 spiro atoms. The van der Waals surface area contributed by atoms with Gasteiger partial charge in [0.15, 0.2) is 0 Å². The Kier molecular flexibility index (Phi) is 4.39. The summed E-state index contributed by atoms with van der Waals surface area (Å²) in [5.74, 6) is 0. The molecule has 2 aromatic rings. The van der Waals surface area contributed by atoms with E-state index in [0.29, 0.717) is 10.7 Å². The van der Waals surface area contributed by atoms with Crippen LogP contribution in [0.4, 0.5) is 21.9 Å². The third-order valence-electron chi connectivity index (χ3n) is 2.70. The van der Waals surface area contributed by atoms with Gasteiger partial charge in [-0.25, -0.2) is 4.79 Å². The predicted octanol–water partition coefficient (Wildman–Crippen LogP) is 4.20. The standard InChI is InChI=1S/C14H12ClN3O3/c1-9-2-7-12(13(8-9)18(20)21)17-14(19)16-11-5-3-10(15)4-6-11/h2-8H,1H3,(H2,16,17,19). The van der Waals surface area contributed by atoms with Crippen LogP contribution in [0.25, 0.3) is 0 Å². The van der Waals surface area contributed by atoms with Crippen LogP contribution in [-0.2, 0) is 0 Å². The maximum atomic E-state index is 11.8. The fourth-order valence-corrected chi connectivity index (χ4v) is 1.84. The average molecular weight is 306 g/mol. The van der Waals surface area contributed by atoms with Crippen molar-refractivity contribution >= 4 is 34.7 Å². The van der Waals surface area contributed by atoms with Gasteiger partial charge in [-0.1, -0.05) is 17.7 Å². The van der Waals surface area contributed by atoms with Crippen LogP contribution in [0, 0.1) is 17.0 Å². The highest BCUT2D eigenvalue weighted by Crippen LogP contribution is 2.25. The number of urea groups is 1. The first-order valence-corrected chi connectivity index (χ1v) is 6.42. The molecule has 6 nitrogen and oxygen atoms in total. The van der Waals surface area contributed by atoms with Gasteiger partial charge in [-0.05, 0) is 42.8 Å². The van der Waals surface area contributed by atoms with Crippen molar-refractivity contribution in [3.63, 3.8) is 0 Å². The molecule has 7 heteroatoms. The first-order valence-electron chi connectivity index (χ1n) is 6.04. The van der Waals surface area contributed by atoms with Gasteiger partial charge in [0.2, 0.25) is 0 Å². The van der Waals surface area contributed by atoms with Crippen LogP contribution < -0.4 is 10.6 Å². The maximum absolute atomic E-state index is 11.8. The molecular formula is C14H12ClN3O3. The van der Waals surface area contributed by atoms with Crippen LogP contribution in [0.1, 0.15) is 5.56 Å². The normalized spacial score (nSPS) is 10.0. The van der Waals surface area contributed by atoms with Crippen LogP contribution in [0.3, 0.4) is 0 Å². The summed E-state index contributed by atoms with van der Waals surface area (Å²) >= 11 is 5.75. The van der Waals surface area contributed by atoms with E-state index in [-0.39, 0.29) is 11.4 Å². The third kappa shape index (κ3) is 3.93. The number of amides is 2. The summed E-state index contributed by atoms with van der Waals surface area (Å²) in [5, 5.41) is 16.5. The summed E-state index contributed by atoms with van der Waals surface area (Å²) in [7, 11) is 0. The van der Waals surface area contributed by atoms with Gasteiger partial charge < -0.3 is 10.6 Å². The Labute approximate surface area is 125 Å². The van der Waals surface area contributed by atoms with Gasteiger partial charge in [0.05, 0.1) is 4.92 Å². The number of nitro groups is 1. The number of nitrogens with zero attached hydrogens (tertiary/aromatic N) is 1. The predicted molar refractivity (Wildman–Crippen MR) is 81.9 cm³/mol. The number of anilines is 2. The molecule has 0 heterocycles. The van der Waals surface area contributed by atoms with Crippen molar-refractivity contribution in [1.82, 2.24) is 0 Å². The van der Waals surface area contributed by atoms with E-state index in [1.54, 1.807) is 37.3 Å². The number of benzene rings is 2. The second-order valence-corrected chi connectivity index (χ2v) is 4.80. The smallest absolute Gasteiger partial charge is 0.308 e. The monoisotopic (exact) mass is 305 g/mol. The van der Waals surface area contributed by atoms with E-state index in [2.05, 4.69) is 10.6 Å². The maximum Gasteiger partial charge on any atom is 0.323 e. The molecule has 0 aliphatic rings. The van der Waals surface area contributed by atoms with E-state index in [1.165, 1.54) is 12.1 Å². The average Bonchev–Trinajstić information content (AvgIpc) is 2.43. The van der Waals surface area contributed by atoms with E-state index < -0.39 is 11.0 Å². The van der Waals surface area contributed by atoms with Crippen LogP contribution in [0.5, 0.6) is 0 Å². The van der Waals surface area contributed by atoms with Crippen LogP contribution in [-0.4, -0.2) is 11.0 Å². The molecule has 0 saturated carbocycles. The van der Waals surface area contributed by atoms with Gasteiger partial charge in [0.1, 0.15) is 5.69 Å². The van der Waals surface area contributed by atoms with Gasteiger partial charge in [0, 0.05) is 16.8 Å². The molecule has 108 valence electrons. The number of nitrogens with one attached hydrogen (secondary N) is 2. The Morgan fingerprint density at radius 1 is 1.14 bits per heavy atom. The van der Waals surface area contributed by atoms with E-state index in [9.17, 15) is 14.9 Å². The van der Waals surface area contributed by atoms with Crippen molar-refractivity contribution < 1.29 is 9.72 Å². The molecule has 2 amide bonds. The minimum atomic E-state index is -0.565. The molecule has 0 unspecified atom stereocenters. The molecule has 0 aliphatic heterocycles. The van der Waals surface area contributed by atoms with Crippen molar-refractivity contribution in [2.24, 2.45) is 0 Å². The van der Waals surface area contributed by atoms with E-state index in [4.69, 9.17) is 11.6 Å². The summed E-state index contributed by atoms with van der Waals surface area (Å²) in [6.45, 7) is 1.74. The van der Waals surface area contributed by atoms with Crippen molar-refractivity contribution in [2.75, 3.05) is 10.6 Å². The largest absolute Gasteiger partial charge is 0.323 e. The van der Waals surface area contributed by atoms with Crippen LogP contribution >= 0.6 is 11.6 Å². The first-order chi connectivity index (χ1) is 9.95. The lowest BCUT2D eigenvalue weighted by molar-refractivity contribution is -0.384. The number of rotatable bonds is 3. The topological polar surface area (TPSA) is 84.3 Å². The molecule has 0 aromatic heterocycles. The molecule has 2 N–H and O–H groups in total. The van der Waals surface area contributed by atoms with E-state index in [1.807, 2.05) is 0 Å². The Morgan fingerprint density at radius 2 is 1.81 bits per heavy atom. The zero-order valence-electron chi connectivity index (χ0n) is 11.1. The summed E-state index contributed by atoms with van der Waals surface area (Å²) in [6, 6.07) is 10.5. The summed E-state index contributed by atoms with van der Waals surface area (Å²) in [5.41, 5.74) is 1.26. The number of hydrogen-bond acceptors (Lipinski definition) is 3. The number of carbonyl (C=O) groups excluding carboxylic acids is 1. The molecule has 2 aromatic carbocycles. The molecule has 0 fully saturated rings. The Bertz CT molecular complexity index is 686. The molecular weight excluding hydrogens is 294 g/mol. The molecule has 0 saturated heterocycles. The Hall–Kier alpha value is -2.60. The minimum Gasteiger partial charge on any atom is -0.308 e. The van der Waals surface area contributed by atoms with Gasteiger partial charge in [-0.15, -0.1) is 0 Å². The minimum absolute atomic E-state index is 0.136. The zero-order valence-corrected chi connectivity index (χ0v) is 11.8. The zero-order chi connectivity index (χ0) is 15.4. The number of hydrogen-bond donors (Lipinski definition) is 2. The quantitative estimate of drug-likeness (QED) is 0.658. The Balaban J connectivity index is 2.12. The molecule has 21 heavy (non-hydrogen) atoms. The van der Waals surface area contributed by atoms with Gasteiger partial charge in [-0.2, -0.15) is 0 Å². The molecule has 0 bridgehead atoms. The van der Waals surface area contributed by atoms with Gasteiger partial charge in [-0.3, -0.25) is 10.1 Å².